The number of nitrogens with one attached hydrogen (secondary N) is 1. The molecule has 2 heterocycles. The molecule has 122 valence electrons. The van der Waals surface area contributed by atoms with Crippen LogP contribution in [0, 0.1) is 12.7 Å². The van der Waals surface area contributed by atoms with Crippen molar-refractivity contribution in [2.75, 3.05) is 18.5 Å². The first-order valence-electron chi connectivity index (χ1n) is 7.51. The number of halogens is 1. The molecule has 0 saturated carbocycles. The average Bonchev–Trinajstić information content (AvgIpc) is 2.91. The predicted octanol–water partition coefficient (Wildman–Crippen LogP) is 3.90. The van der Waals surface area contributed by atoms with E-state index in [0.717, 1.165) is 0 Å². The number of ether oxygens (including phenoxy) is 2. The van der Waals surface area contributed by atoms with Crippen LogP contribution in [0.5, 0.6) is 11.5 Å². The minimum atomic E-state index is -0.402. The molecule has 0 atom stereocenters. The lowest BCUT2D eigenvalue weighted by molar-refractivity contribution is 0.0998. The van der Waals surface area contributed by atoms with Crippen LogP contribution in [0.1, 0.15) is 16.1 Å². The summed E-state index contributed by atoms with van der Waals surface area (Å²) in [7, 11) is 0. The first kappa shape index (κ1) is 14.6. The first-order valence-corrected chi connectivity index (χ1v) is 7.51. The van der Waals surface area contributed by atoms with E-state index in [1.54, 1.807) is 25.1 Å². The summed E-state index contributed by atoms with van der Waals surface area (Å²) in [5, 5.41) is 3.35. The number of amides is 1. The summed E-state index contributed by atoms with van der Waals surface area (Å²) in [6.45, 7) is 2.70. The summed E-state index contributed by atoms with van der Waals surface area (Å²) in [5.74, 6) is 0.619. The molecule has 2 aromatic carbocycles. The standard InChI is InChI=1S/C18H14FNO4/c1-10-13-8-11(19)2-4-14(13)24-17(10)18(21)20-12-3-5-15-16(9-12)23-7-6-22-15/h2-5,8-9H,6-7H2,1H3,(H,20,21). The summed E-state index contributed by atoms with van der Waals surface area (Å²) in [6, 6.07) is 9.33. The van der Waals surface area contributed by atoms with E-state index in [1.807, 2.05) is 0 Å². The van der Waals surface area contributed by atoms with Crippen LogP contribution in [0.15, 0.2) is 40.8 Å². The van der Waals surface area contributed by atoms with Crippen molar-refractivity contribution in [3.05, 3.63) is 53.5 Å². The van der Waals surface area contributed by atoms with Gasteiger partial charge in [-0.25, -0.2) is 4.39 Å². The Hall–Kier alpha value is -3.02. The van der Waals surface area contributed by atoms with E-state index in [2.05, 4.69) is 5.32 Å². The Morgan fingerprint density at radius 3 is 2.71 bits per heavy atom. The fraction of sp³-hybridized carbons (Fsp3) is 0.167. The second kappa shape index (κ2) is 5.56. The fourth-order valence-corrected chi connectivity index (χ4v) is 2.72. The zero-order valence-corrected chi connectivity index (χ0v) is 12.9. The number of aryl methyl sites for hydroxylation is 1. The molecule has 0 fully saturated rings. The summed E-state index contributed by atoms with van der Waals surface area (Å²) < 4.78 is 29.9. The highest BCUT2D eigenvalue weighted by Gasteiger charge is 2.19. The van der Waals surface area contributed by atoms with Gasteiger partial charge in [0.1, 0.15) is 24.6 Å². The molecule has 0 radical (unpaired) electrons. The Bertz CT molecular complexity index is 948. The van der Waals surface area contributed by atoms with E-state index < -0.39 is 5.91 Å². The SMILES string of the molecule is Cc1c(C(=O)Nc2ccc3c(c2)OCCO3)oc2ccc(F)cc12. The van der Waals surface area contributed by atoms with Crippen molar-refractivity contribution in [2.24, 2.45) is 0 Å². The highest BCUT2D eigenvalue weighted by molar-refractivity contribution is 6.06. The van der Waals surface area contributed by atoms with Crippen molar-refractivity contribution in [3.8, 4) is 11.5 Å². The van der Waals surface area contributed by atoms with Gasteiger partial charge in [0.05, 0.1) is 0 Å². The summed E-state index contributed by atoms with van der Waals surface area (Å²) >= 11 is 0. The molecule has 24 heavy (non-hydrogen) atoms. The Morgan fingerprint density at radius 2 is 1.88 bits per heavy atom. The molecular formula is C18H14FNO4. The van der Waals surface area contributed by atoms with Gasteiger partial charge >= 0.3 is 0 Å². The van der Waals surface area contributed by atoms with Crippen LogP contribution in [0.2, 0.25) is 0 Å². The number of benzene rings is 2. The molecule has 0 spiro atoms. The number of carbonyl (C=O) groups excluding carboxylic acids is 1. The number of rotatable bonds is 2. The molecule has 4 rings (SSSR count). The zero-order chi connectivity index (χ0) is 16.7. The maximum atomic E-state index is 13.4. The van der Waals surface area contributed by atoms with Gasteiger partial charge in [0.15, 0.2) is 17.3 Å². The predicted molar refractivity (Wildman–Crippen MR) is 86.3 cm³/mol. The molecule has 0 saturated heterocycles. The Labute approximate surface area is 137 Å². The van der Waals surface area contributed by atoms with Crippen molar-refractivity contribution in [1.29, 1.82) is 0 Å². The molecule has 5 nitrogen and oxygen atoms in total. The van der Waals surface area contributed by atoms with Crippen LogP contribution in [0.3, 0.4) is 0 Å². The molecule has 1 aromatic heterocycles. The van der Waals surface area contributed by atoms with E-state index in [4.69, 9.17) is 13.9 Å². The monoisotopic (exact) mass is 327 g/mol. The van der Waals surface area contributed by atoms with Gasteiger partial charge in [-0.15, -0.1) is 0 Å². The van der Waals surface area contributed by atoms with Crippen LogP contribution in [-0.4, -0.2) is 19.1 Å². The van der Waals surface area contributed by atoms with Gasteiger partial charge in [0.2, 0.25) is 0 Å². The van der Waals surface area contributed by atoms with Crippen LogP contribution >= 0.6 is 0 Å². The minimum absolute atomic E-state index is 0.158. The van der Waals surface area contributed by atoms with Crippen LogP contribution in [0.25, 0.3) is 11.0 Å². The number of fused-ring (bicyclic) bond motifs is 2. The van der Waals surface area contributed by atoms with Gasteiger partial charge in [0, 0.05) is 22.7 Å². The third kappa shape index (κ3) is 2.46. The maximum absolute atomic E-state index is 13.4. The lowest BCUT2D eigenvalue weighted by Crippen LogP contribution is -2.16. The normalized spacial score (nSPS) is 13.1. The van der Waals surface area contributed by atoms with Gasteiger partial charge < -0.3 is 19.2 Å². The zero-order valence-electron chi connectivity index (χ0n) is 12.9. The Balaban J connectivity index is 1.63. The van der Waals surface area contributed by atoms with E-state index >= 15 is 0 Å². The molecule has 1 aliphatic rings. The number of hydrogen-bond donors (Lipinski definition) is 1. The summed E-state index contributed by atoms with van der Waals surface area (Å²) in [6.07, 6.45) is 0. The van der Waals surface area contributed by atoms with Gasteiger partial charge in [-0.2, -0.15) is 0 Å². The molecule has 1 amide bonds. The molecule has 0 aliphatic carbocycles. The minimum Gasteiger partial charge on any atom is -0.486 e. The van der Waals surface area contributed by atoms with Crippen molar-refractivity contribution < 1.29 is 23.1 Å². The molecule has 0 bridgehead atoms. The molecular weight excluding hydrogens is 313 g/mol. The Kier molecular flexibility index (Phi) is 3.37. The number of hydrogen-bond acceptors (Lipinski definition) is 4. The largest absolute Gasteiger partial charge is 0.486 e. The molecule has 0 unspecified atom stereocenters. The fourth-order valence-electron chi connectivity index (χ4n) is 2.72. The quantitative estimate of drug-likeness (QED) is 0.775. The highest BCUT2D eigenvalue weighted by atomic mass is 19.1. The second-order valence-corrected chi connectivity index (χ2v) is 5.51. The van der Waals surface area contributed by atoms with Crippen LogP contribution < -0.4 is 14.8 Å². The maximum Gasteiger partial charge on any atom is 0.291 e. The number of furan rings is 1. The van der Waals surface area contributed by atoms with Crippen molar-refractivity contribution in [1.82, 2.24) is 0 Å². The van der Waals surface area contributed by atoms with E-state index in [-0.39, 0.29) is 11.6 Å². The molecule has 3 aromatic rings. The third-order valence-electron chi connectivity index (χ3n) is 3.90. The van der Waals surface area contributed by atoms with Crippen LogP contribution in [-0.2, 0) is 0 Å². The van der Waals surface area contributed by atoms with E-state index in [0.29, 0.717) is 46.9 Å². The average molecular weight is 327 g/mol. The molecule has 1 aliphatic heterocycles. The lowest BCUT2D eigenvalue weighted by Gasteiger charge is -2.18. The highest BCUT2D eigenvalue weighted by Crippen LogP contribution is 2.33. The topological polar surface area (TPSA) is 60.7 Å². The first-order chi connectivity index (χ1) is 11.6. The Morgan fingerprint density at radius 1 is 1.08 bits per heavy atom. The third-order valence-corrected chi connectivity index (χ3v) is 3.90. The smallest absolute Gasteiger partial charge is 0.291 e. The molecule has 6 heteroatoms. The lowest BCUT2D eigenvalue weighted by atomic mass is 10.1. The van der Waals surface area contributed by atoms with E-state index in [1.165, 1.54) is 18.2 Å². The number of anilines is 1. The second-order valence-electron chi connectivity index (χ2n) is 5.51. The molecule has 1 N–H and O–H groups in total. The van der Waals surface area contributed by atoms with Gasteiger partial charge in [0.25, 0.3) is 5.91 Å². The van der Waals surface area contributed by atoms with Crippen LogP contribution in [0.4, 0.5) is 10.1 Å². The summed E-state index contributed by atoms with van der Waals surface area (Å²) in [4.78, 5) is 12.5. The van der Waals surface area contributed by atoms with Crippen molar-refractivity contribution in [3.63, 3.8) is 0 Å². The summed E-state index contributed by atoms with van der Waals surface area (Å²) in [5.41, 5.74) is 1.64. The van der Waals surface area contributed by atoms with Gasteiger partial charge in [-0.3, -0.25) is 4.79 Å². The van der Waals surface area contributed by atoms with Gasteiger partial charge in [-0.05, 0) is 37.3 Å². The van der Waals surface area contributed by atoms with Gasteiger partial charge in [-0.1, -0.05) is 0 Å². The van der Waals surface area contributed by atoms with E-state index in [9.17, 15) is 9.18 Å². The number of carbonyl (C=O) groups is 1. The van der Waals surface area contributed by atoms with Crippen molar-refractivity contribution >= 4 is 22.6 Å². The van der Waals surface area contributed by atoms with Crippen molar-refractivity contribution in [2.45, 2.75) is 6.92 Å².